The highest BCUT2D eigenvalue weighted by atomic mass is 35.5. The minimum absolute atomic E-state index is 0.0102. The Morgan fingerprint density at radius 2 is 1.97 bits per heavy atom. The summed E-state index contributed by atoms with van der Waals surface area (Å²) in [6.45, 7) is 1.23. The lowest BCUT2D eigenvalue weighted by Gasteiger charge is -2.33. The number of rotatable bonds is 5. The van der Waals surface area contributed by atoms with Gasteiger partial charge in [-0.2, -0.15) is 23.3 Å². The van der Waals surface area contributed by atoms with Gasteiger partial charge in [0.1, 0.15) is 11.5 Å². The average Bonchev–Trinajstić information content (AvgIpc) is 3.08. The van der Waals surface area contributed by atoms with Crippen LogP contribution in [-0.4, -0.2) is 46.8 Å². The van der Waals surface area contributed by atoms with Gasteiger partial charge < -0.3 is 14.6 Å². The van der Waals surface area contributed by atoms with E-state index in [-0.39, 0.29) is 27.1 Å². The molecule has 0 aliphatic carbocycles. The molecule has 166 valence electrons. The molecule has 1 N–H and O–H groups in total. The fourth-order valence-electron chi connectivity index (χ4n) is 2.95. The molecule has 6 nitrogen and oxygen atoms in total. The fraction of sp³-hybridized carbons (Fsp3) is 0.300. The zero-order chi connectivity index (χ0) is 23.0. The SMILES string of the molecule is COc1cccc(C2=NN(C(=O)C(C)Oc3ccc(Cl)cc3Cl)C(O)(C(F)(F)F)C2)c1. The third-order valence-electron chi connectivity index (χ3n) is 4.60. The van der Waals surface area contributed by atoms with Crippen LogP contribution in [0.15, 0.2) is 47.6 Å². The summed E-state index contributed by atoms with van der Waals surface area (Å²) >= 11 is 11.8. The van der Waals surface area contributed by atoms with Crippen molar-refractivity contribution in [2.24, 2.45) is 5.10 Å². The van der Waals surface area contributed by atoms with Crippen LogP contribution in [0.2, 0.25) is 10.0 Å². The lowest BCUT2D eigenvalue weighted by Crippen LogP contribution is -2.58. The number of hydrazone groups is 1. The average molecular weight is 477 g/mol. The van der Waals surface area contributed by atoms with Gasteiger partial charge in [-0.05, 0) is 37.3 Å². The van der Waals surface area contributed by atoms with Crippen molar-refractivity contribution in [2.45, 2.75) is 31.3 Å². The van der Waals surface area contributed by atoms with Crippen LogP contribution >= 0.6 is 23.2 Å². The van der Waals surface area contributed by atoms with E-state index in [4.69, 9.17) is 32.7 Å². The van der Waals surface area contributed by atoms with Crippen molar-refractivity contribution in [3.63, 3.8) is 0 Å². The predicted octanol–water partition coefficient (Wildman–Crippen LogP) is 4.66. The molecular formula is C20H17Cl2F3N2O4. The Kier molecular flexibility index (Phi) is 6.40. The summed E-state index contributed by atoms with van der Waals surface area (Å²) in [6, 6.07) is 10.3. The molecular weight excluding hydrogens is 460 g/mol. The van der Waals surface area contributed by atoms with Crippen LogP contribution in [0.4, 0.5) is 13.2 Å². The van der Waals surface area contributed by atoms with Gasteiger partial charge in [0.15, 0.2) is 6.10 Å². The molecule has 1 aliphatic heterocycles. The fourth-order valence-corrected chi connectivity index (χ4v) is 3.40. The number of carbonyl (C=O) groups is 1. The lowest BCUT2D eigenvalue weighted by molar-refractivity contribution is -0.303. The summed E-state index contributed by atoms with van der Waals surface area (Å²) in [5.74, 6) is -0.781. The van der Waals surface area contributed by atoms with Crippen LogP contribution in [0.3, 0.4) is 0 Å². The van der Waals surface area contributed by atoms with Gasteiger partial charge in [-0.3, -0.25) is 4.79 Å². The van der Waals surface area contributed by atoms with Gasteiger partial charge in [-0.25, -0.2) is 0 Å². The molecule has 0 aromatic heterocycles. The van der Waals surface area contributed by atoms with Gasteiger partial charge >= 0.3 is 6.18 Å². The molecule has 2 atom stereocenters. The molecule has 0 saturated heterocycles. The minimum Gasteiger partial charge on any atom is -0.497 e. The van der Waals surface area contributed by atoms with Crippen LogP contribution in [-0.2, 0) is 4.79 Å². The van der Waals surface area contributed by atoms with Gasteiger partial charge in [-0.15, -0.1) is 0 Å². The largest absolute Gasteiger partial charge is 0.497 e. The van der Waals surface area contributed by atoms with Crippen LogP contribution in [0.1, 0.15) is 18.9 Å². The van der Waals surface area contributed by atoms with E-state index in [2.05, 4.69) is 5.10 Å². The van der Waals surface area contributed by atoms with Gasteiger partial charge in [0.2, 0.25) is 0 Å². The smallest absolute Gasteiger partial charge is 0.438 e. The van der Waals surface area contributed by atoms with Crippen molar-refractivity contribution in [2.75, 3.05) is 7.11 Å². The van der Waals surface area contributed by atoms with Crippen molar-refractivity contribution >= 4 is 34.8 Å². The van der Waals surface area contributed by atoms with E-state index in [0.717, 1.165) is 0 Å². The molecule has 0 spiro atoms. The van der Waals surface area contributed by atoms with E-state index in [0.29, 0.717) is 10.8 Å². The van der Waals surface area contributed by atoms with Crippen LogP contribution in [0.25, 0.3) is 0 Å². The second-order valence-corrected chi connectivity index (χ2v) is 7.60. The minimum atomic E-state index is -5.18. The van der Waals surface area contributed by atoms with Gasteiger partial charge in [-0.1, -0.05) is 35.3 Å². The number of ether oxygens (including phenoxy) is 2. The number of carbonyl (C=O) groups excluding carboxylic acids is 1. The summed E-state index contributed by atoms with van der Waals surface area (Å²) in [6.07, 6.45) is -7.57. The normalized spacial score (nSPS) is 19.7. The van der Waals surface area contributed by atoms with Crippen LogP contribution < -0.4 is 9.47 Å². The number of hydrogen-bond donors (Lipinski definition) is 1. The summed E-state index contributed by atoms with van der Waals surface area (Å²) in [7, 11) is 1.40. The predicted molar refractivity (Wildman–Crippen MR) is 109 cm³/mol. The molecule has 0 bridgehead atoms. The highest BCUT2D eigenvalue weighted by molar-refractivity contribution is 6.35. The Labute approximate surface area is 185 Å². The first-order valence-corrected chi connectivity index (χ1v) is 9.68. The number of halogens is 5. The molecule has 0 radical (unpaired) electrons. The summed E-state index contributed by atoms with van der Waals surface area (Å²) < 4.78 is 51.8. The number of hydrogen-bond acceptors (Lipinski definition) is 5. The summed E-state index contributed by atoms with van der Waals surface area (Å²) in [4.78, 5) is 12.8. The Morgan fingerprint density at radius 3 is 2.58 bits per heavy atom. The highest BCUT2D eigenvalue weighted by Crippen LogP contribution is 2.42. The maximum atomic E-state index is 13.8. The van der Waals surface area contributed by atoms with Crippen molar-refractivity contribution < 1.29 is 32.5 Å². The maximum absolute atomic E-state index is 13.8. The van der Waals surface area contributed by atoms with E-state index in [1.165, 1.54) is 44.4 Å². The van der Waals surface area contributed by atoms with Crippen molar-refractivity contribution in [3.8, 4) is 11.5 Å². The summed E-state index contributed by atoms with van der Waals surface area (Å²) in [5.41, 5.74) is -3.40. The molecule has 1 amide bonds. The molecule has 1 heterocycles. The molecule has 2 aromatic carbocycles. The molecule has 31 heavy (non-hydrogen) atoms. The maximum Gasteiger partial charge on any atom is 0.438 e. The van der Waals surface area contributed by atoms with E-state index < -0.39 is 30.3 Å². The Morgan fingerprint density at radius 1 is 1.26 bits per heavy atom. The molecule has 11 heteroatoms. The first-order chi connectivity index (χ1) is 14.5. The summed E-state index contributed by atoms with van der Waals surface area (Å²) in [5, 5.41) is 14.6. The first-order valence-electron chi connectivity index (χ1n) is 8.93. The molecule has 2 aromatic rings. The number of alkyl halides is 3. The lowest BCUT2D eigenvalue weighted by atomic mass is 10.0. The zero-order valence-electron chi connectivity index (χ0n) is 16.3. The van der Waals surface area contributed by atoms with E-state index in [9.17, 15) is 23.1 Å². The third kappa shape index (κ3) is 4.58. The van der Waals surface area contributed by atoms with Gasteiger partial charge in [0, 0.05) is 10.6 Å². The first kappa shape index (κ1) is 23.2. The van der Waals surface area contributed by atoms with E-state index in [1.54, 1.807) is 12.1 Å². The zero-order valence-corrected chi connectivity index (χ0v) is 17.8. The van der Waals surface area contributed by atoms with Crippen molar-refractivity contribution in [1.82, 2.24) is 5.01 Å². The number of aliphatic hydroxyl groups is 1. The topological polar surface area (TPSA) is 71.4 Å². The molecule has 1 aliphatic rings. The molecule has 0 saturated carbocycles. The number of nitrogens with zero attached hydrogens (tertiary/aromatic N) is 2. The standard InChI is InChI=1S/C20H17Cl2F3N2O4/c1-11(31-17-7-6-13(21)9-15(17)22)18(28)27-19(29,20(23,24)25)10-16(26-27)12-4-3-5-14(8-12)30-2/h3-9,11,29H,10H2,1-2H3. The van der Waals surface area contributed by atoms with Crippen LogP contribution in [0.5, 0.6) is 11.5 Å². The second-order valence-electron chi connectivity index (χ2n) is 6.75. The van der Waals surface area contributed by atoms with E-state index in [1.807, 2.05) is 0 Å². The Bertz CT molecular complexity index is 1030. The quantitative estimate of drug-likeness (QED) is 0.681. The Balaban J connectivity index is 1.93. The number of methoxy groups -OCH3 is 1. The molecule has 3 rings (SSSR count). The van der Waals surface area contributed by atoms with Gasteiger partial charge in [0.25, 0.3) is 11.6 Å². The van der Waals surface area contributed by atoms with Gasteiger partial charge in [0.05, 0.1) is 24.3 Å². The van der Waals surface area contributed by atoms with Crippen molar-refractivity contribution in [3.05, 3.63) is 58.1 Å². The van der Waals surface area contributed by atoms with E-state index >= 15 is 0 Å². The number of benzene rings is 2. The Hall–Kier alpha value is -2.49. The highest BCUT2D eigenvalue weighted by Gasteiger charge is 2.63. The molecule has 2 unspecified atom stereocenters. The van der Waals surface area contributed by atoms with Crippen molar-refractivity contribution in [1.29, 1.82) is 0 Å². The number of amides is 1. The second kappa shape index (κ2) is 8.57. The molecule has 0 fully saturated rings. The third-order valence-corrected chi connectivity index (χ3v) is 5.13. The monoisotopic (exact) mass is 476 g/mol. The van der Waals surface area contributed by atoms with Crippen LogP contribution in [0, 0.1) is 0 Å².